The van der Waals surface area contributed by atoms with Crippen LogP contribution in [0.2, 0.25) is 0 Å². The van der Waals surface area contributed by atoms with Crippen LogP contribution in [0, 0.1) is 22.7 Å². The minimum atomic E-state index is 0.534. The molecule has 5 nitrogen and oxygen atoms in total. The van der Waals surface area contributed by atoms with Crippen LogP contribution in [-0.4, -0.2) is 16.3 Å². The summed E-state index contributed by atoms with van der Waals surface area (Å²) in [6, 6.07) is 48.1. The molecule has 0 radical (unpaired) electrons. The average molecular weight is 616 g/mol. The third-order valence-corrected chi connectivity index (χ3v) is 8.55. The molecule has 0 spiro atoms. The van der Waals surface area contributed by atoms with E-state index in [1.165, 1.54) is 0 Å². The molecule has 0 bridgehead atoms. The predicted molar refractivity (Wildman–Crippen MR) is 196 cm³/mol. The molecule has 7 rings (SSSR count). The fraction of sp³-hybridized carbons (Fsp3) is 0.0233. The zero-order valence-electron chi connectivity index (χ0n) is 26.3. The maximum absolute atomic E-state index is 9.46. The van der Waals surface area contributed by atoms with Crippen LogP contribution in [0.5, 0.6) is 0 Å². The smallest absolute Gasteiger partial charge is 0.0992 e. The minimum absolute atomic E-state index is 0.534. The van der Waals surface area contributed by atoms with Crippen molar-refractivity contribution < 1.29 is 0 Å². The molecular weight excluding hydrogens is 587 g/mol. The van der Waals surface area contributed by atoms with Crippen molar-refractivity contribution in [2.45, 2.75) is 6.92 Å². The largest absolute Gasteiger partial charge is 0.309 e. The van der Waals surface area contributed by atoms with Gasteiger partial charge in [-0.2, -0.15) is 10.5 Å². The van der Waals surface area contributed by atoms with Crippen molar-refractivity contribution in [2.24, 2.45) is 4.99 Å². The Hall–Kier alpha value is -6.82. The van der Waals surface area contributed by atoms with Gasteiger partial charge in [0.25, 0.3) is 0 Å². The Morgan fingerprint density at radius 3 is 2.00 bits per heavy atom. The van der Waals surface area contributed by atoms with Gasteiger partial charge in [-0.1, -0.05) is 72.8 Å². The van der Waals surface area contributed by atoms with Crippen LogP contribution < -0.4 is 0 Å². The van der Waals surface area contributed by atoms with E-state index in [0.717, 1.165) is 66.6 Å². The minimum Gasteiger partial charge on any atom is -0.309 e. The number of allylic oxidation sites excluding steroid dienone is 3. The summed E-state index contributed by atoms with van der Waals surface area (Å²) in [5, 5.41) is 21.1. The Balaban J connectivity index is 1.39. The number of hydrogen-bond acceptors (Lipinski definition) is 4. The number of fused-ring (bicyclic) bond motifs is 3. The molecule has 0 saturated carbocycles. The molecule has 0 aliphatic heterocycles. The lowest BCUT2D eigenvalue weighted by Crippen LogP contribution is -1.93. The number of nitrogens with zero attached hydrogens (tertiary/aromatic N) is 5. The van der Waals surface area contributed by atoms with Crippen molar-refractivity contribution in [3.63, 3.8) is 0 Å². The van der Waals surface area contributed by atoms with Gasteiger partial charge in [-0.3, -0.25) is 9.98 Å². The van der Waals surface area contributed by atoms with E-state index in [1.54, 1.807) is 24.4 Å². The monoisotopic (exact) mass is 615 g/mol. The molecule has 226 valence electrons. The molecule has 0 fully saturated rings. The fourth-order valence-electron chi connectivity index (χ4n) is 6.16. The highest BCUT2D eigenvalue weighted by molar-refractivity contribution is 6.11. The van der Waals surface area contributed by atoms with Crippen molar-refractivity contribution in [3.05, 3.63) is 162 Å². The average Bonchev–Trinajstić information content (AvgIpc) is 3.49. The number of nitriles is 2. The molecule has 2 aromatic heterocycles. The van der Waals surface area contributed by atoms with Gasteiger partial charge in [-0.25, -0.2) is 0 Å². The highest BCUT2D eigenvalue weighted by Crippen LogP contribution is 2.38. The lowest BCUT2D eigenvalue weighted by atomic mass is 9.97. The molecule has 0 aliphatic carbocycles. The second-order valence-electron chi connectivity index (χ2n) is 11.4. The molecule has 7 aromatic rings. The van der Waals surface area contributed by atoms with Gasteiger partial charge >= 0.3 is 0 Å². The van der Waals surface area contributed by atoms with Crippen LogP contribution in [0.4, 0.5) is 0 Å². The SMILES string of the molecule is C=N/C(=C\C(C#N)=C/C)c1cccc(-c2ccc3c(c2)c2cc(-c4cccc(-c5cc(C#N)ccn5)c4)ccc2n3-c2ccccc2)c1. The van der Waals surface area contributed by atoms with Crippen molar-refractivity contribution >= 4 is 34.2 Å². The summed E-state index contributed by atoms with van der Waals surface area (Å²) in [6.45, 7) is 5.59. The van der Waals surface area contributed by atoms with E-state index in [2.05, 4.69) is 118 Å². The molecule has 0 atom stereocenters. The van der Waals surface area contributed by atoms with Crippen LogP contribution in [0.1, 0.15) is 18.1 Å². The number of pyridine rings is 1. The lowest BCUT2D eigenvalue weighted by molar-refractivity contribution is 1.18. The van der Waals surface area contributed by atoms with E-state index in [9.17, 15) is 10.5 Å². The summed E-state index contributed by atoms with van der Waals surface area (Å²) < 4.78 is 2.31. The maximum atomic E-state index is 9.46. The van der Waals surface area contributed by atoms with Gasteiger partial charge in [0.15, 0.2) is 0 Å². The second kappa shape index (κ2) is 12.9. The lowest BCUT2D eigenvalue weighted by Gasteiger charge is -2.09. The summed E-state index contributed by atoms with van der Waals surface area (Å²) in [7, 11) is 0. The van der Waals surface area contributed by atoms with E-state index < -0.39 is 0 Å². The molecule has 0 unspecified atom stereocenters. The van der Waals surface area contributed by atoms with Gasteiger partial charge in [0.2, 0.25) is 0 Å². The first-order valence-electron chi connectivity index (χ1n) is 15.6. The van der Waals surface area contributed by atoms with E-state index in [4.69, 9.17) is 0 Å². The number of benzene rings is 5. The molecule has 0 N–H and O–H groups in total. The summed E-state index contributed by atoms with van der Waals surface area (Å²) in [6.07, 6.45) is 5.20. The number of aromatic nitrogens is 2. The van der Waals surface area contributed by atoms with Crippen LogP contribution in [-0.2, 0) is 0 Å². The molecular formula is C43H29N5. The van der Waals surface area contributed by atoms with Gasteiger partial charge in [0.05, 0.1) is 40.1 Å². The topological polar surface area (TPSA) is 77.8 Å². The zero-order valence-corrected chi connectivity index (χ0v) is 26.3. The van der Waals surface area contributed by atoms with Crippen LogP contribution in [0.15, 0.2) is 156 Å². The van der Waals surface area contributed by atoms with E-state index >= 15 is 0 Å². The Morgan fingerprint density at radius 1 is 0.708 bits per heavy atom. The highest BCUT2D eigenvalue weighted by atomic mass is 15.0. The van der Waals surface area contributed by atoms with Crippen LogP contribution in [0.3, 0.4) is 0 Å². The van der Waals surface area contributed by atoms with Gasteiger partial charge in [-0.15, -0.1) is 0 Å². The van der Waals surface area contributed by atoms with Gasteiger partial charge in [-0.05, 0) is 103 Å². The second-order valence-corrected chi connectivity index (χ2v) is 11.4. The van der Waals surface area contributed by atoms with Crippen molar-refractivity contribution in [1.82, 2.24) is 9.55 Å². The summed E-state index contributed by atoms with van der Waals surface area (Å²) in [4.78, 5) is 8.75. The molecule has 2 heterocycles. The molecule has 0 saturated heterocycles. The first-order valence-corrected chi connectivity index (χ1v) is 15.6. The highest BCUT2D eigenvalue weighted by Gasteiger charge is 2.15. The Labute approximate surface area is 279 Å². The van der Waals surface area contributed by atoms with E-state index in [0.29, 0.717) is 16.8 Å². The molecule has 5 heteroatoms. The van der Waals surface area contributed by atoms with Crippen LogP contribution in [0.25, 0.3) is 66.7 Å². The van der Waals surface area contributed by atoms with E-state index in [-0.39, 0.29) is 0 Å². The molecule has 0 aliphatic rings. The predicted octanol–water partition coefficient (Wildman–Crippen LogP) is 10.6. The Morgan fingerprint density at radius 2 is 1.35 bits per heavy atom. The first-order chi connectivity index (χ1) is 23.6. The maximum Gasteiger partial charge on any atom is 0.0992 e. The summed E-state index contributed by atoms with van der Waals surface area (Å²) >= 11 is 0. The number of aliphatic imine (C=N–C) groups is 1. The number of para-hydroxylation sites is 1. The Kier molecular flexibility index (Phi) is 8.02. The number of rotatable bonds is 7. The first kappa shape index (κ1) is 29.9. The van der Waals surface area contributed by atoms with Gasteiger partial charge in [0, 0.05) is 39.4 Å². The summed E-state index contributed by atoms with van der Waals surface area (Å²) in [5.74, 6) is 0. The zero-order chi connectivity index (χ0) is 33.0. The van der Waals surface area contributed by atoms with Gasteiger partial charge < -0.3 is 4.57 Å². The third kappa shape index (κ3) is 5.58. The van der Waals surface area contributed by atoms with Crippen LogP contribution >= 0.6 is 0 Å². The van der Waals surface area contributed by atoms with Crippen molar-refractivity contribution in [1.29, 1.82) is 10.5 Å². The Bertz CT molecular complexity index is 2500. The standard InChI is InChI=1S/C43H29N5/c1-3-29(27-44)21-40(46-2)35-11-7-9-31(23-35)33-15-17-42-38(25-33)39-26-34(16-18-43(39)48(42)37-13-5-4-6-14-37)32-10-8-12-36(24-32)41-22-30(28-45)19-20-47-41/h3-26H,2H2,1H3/b29-3+,40-21-. The molecule has 48 heavy (non-hydrogen) atoms. The molecule has 0 amide bonds. The molecule has 5 aromatic carbocycles. The number of hydrogen-bond donors (Lipinski definition) is 0. The quantitative estimate of drug-likeness (QED) is 0.102. The van der Waals surface area contributed by atoms with Crippen molar-refractivity contribution in [2.75, 3.05) is 0 Å². The normalized spacial score (nSPS) is 11.7. The van der Waals surface area contributed by atoms with Crippen molar-refractivity contribution in [3.8, 4) is 51.3 Å². The van der Waals surface area contributed by atoms with Gasteiger partial charge in [0.1, 0.15) is 0 Å². The van der Waals surface area contributed by atoms with E-state index in [1.807, 2.05) is 43.3 Å². The fourth-order valence-corrected chi connectivity index (χ4v) is 6.16. The third-order valence-electron chi connectivity index (χ3n) is 8.55. The summed E-state index contributed by atoms with van der Waals surface area (Å²) in [5.41, 5.74) is 12.0.